The van der Waals surface area contributed by atoms with Crippen LogP contribution in [-0.2, 0) is 0 Å². The maximum absolute atomic E-state index is 6.34. The van der Waals surface area contributed by atoms with Crippen LogP contribution in [0.4, 0.5) is 5.69 Å². The van der Waals surface area contributed by atoms with Crippen LogP contribution in [0.5, 0.6) is 23.0 Å². The molecule has 6 heteroatoms. The van der Waals surface area contributed by atoms with E-state index in [1.165, 1.54) is 0 Å². The molecule has 27 heavy (non-hydrogen) atoms. The van der Waals surface area contributed by atoms with Crippen molar-refractivity contribution >= 4 is 14.0 Å². The summed E-state index contributed by atoms with van der Waals surface area (Å²) in [6, 6.07) is 25.9. The number of para-hydroxylation sites is 5. The Morgan fingerprint density at radius 2 is 1.04 bits per heavy atom. The first kappa shape index (κ1) is 16.1. The fraction of sp³-hybridized carbons (Fsp3) is 0.143. The Balaban J connectivity index is 1.38. The van der Waals surface area contributed by atoms with Gasteiger partial charge in [-0.2, -0.15) is 0 Å². The first-order chi connectivity index (χ1) is 13.2. The van der Waals surface area contributed by atoms with Gasteiger partial charge < -0.3 is 0 Å². The fourth-order valence-corrected chi connectivity index (χ4v) is 7.37. The van der Waals surface area contributed by atoms with Crippen LogP contribution in [0.15, 0.2) is 78.9 Å². The van der Waals surface area contributed by atoms with Gasteiger partial charge in [0.15, 0.2) is 0 Å². The molecule has 2 aliphatic heterocycles. The van der Waals surface area contributed by atoms with E-state index in [0.717, 1.165) is 18.7 Å². The SMILES string of the molecule is c1ccc(NCCC[Si-]23(Oc4ccccc4O2)Oc2ccccc2O3)cc1. The van der Waals surface area contributed by atoms with E-state index in [1.54, 1.807) is 0 Å². The van der Waals surface area contributed by atoms with Gasteiger partial charge in [0.2, 0.25) is 0 Å². The first-order valence-corrected chi connectivity index (χ1v) is 11.5. The third kappa shape index (κ3) is 2.78. The fourth-order valence-electron chi connectivity index (χ4n) is 3.58. The van der Waals surface area contributed by atoms with Crippen molar-refractivity contribution < 1.29 is 17.7 Å². The van der Waals surface area contributed by atoms with Gasteiger partial charge in [-0.3, -0.25) is 0 Å². The van der Waals surface area contributed by atoms with E-state index < -0.39 is 8.33 Å². The van der Waals surface area contributed by atoms with Crippen LogP contribution >= 0.6 is 0 Å². The Labute approximate surface area is 158 Å². The second-order valence-electron chi connectivity index (χ2n) is 6.78. The summed E-state index contributed by atoms with van der Waals surface area (Å²) in [5.74, 6) is 2.70. The second-order valence-corrected chi connectivity index (χ2v) is 10.2. The van der Waals surface area contributed by atoms with Gasteiger partial charge in [0.25, 0.3) is 0 Å². The standard InChI is InChI=1S/C21H20NO4Si/c1-2-9-17(10-3-1)22-15-8-16-27(23-18-11-4-5-12-19(18)24-27)25-20-13-6-7-14-21(20)26-27/h1-7,9-14,22H,8,15-16H2/q-1. The van der Waals surface area contributed by atoms with E-state index in [0.29, 0.717) is 29.0 Å². The molecule has 2 aliphatic rings. The van der Waals surface area contributed by atoms with Crippen LogP contribution in [0.2, 0.25) is 6.04 Å². The Hall–Kier alpha value is -3.12. The van der Waals surface area contributed by atoms with Gasteiger partial charge in [-0.05, 0) is 0 Å². The number of anilines is 1. The molecule has 0 radical (unpaired) electrons. The molecule has 138 valence electrons. The van der Waals surface area contributed by atoms with Crippen LogP contribution in [0, 0.1) is 0 Å². The summed E-state index contributed by atoms with van der Waals surface area (Å²) in [5, 5.41) is 3.42. The minimum absolute atomic E-state index is 0.545. The monoisotopic (exact) mass is 378 g/mol. The Morgan fingerprint density at radius 3 is 1.52 bits per heavy atom. The van der Waals surface area contributed by atoms with Gasteiger partial charge in [0, 0.05) is 0 Å². The van der Waals surface area contributed by atoms with Crippen LogP contribution in [0.25, 0.3) is 0 Å². The van der Waals surface area contributed by atoms with Gasteiger partial charge in [0.05, 0.1) is 0 Å². The quantitative estimate of drug-likeness (QED) is 0.509. The first-order valence-electron chi connectivity index (χ1n) is 9.16. The second kappa shape index (κ2) is 5.96. The van der Waals surface area contributed by atoms with Gasteiger partial charge in [-0.15, -0.1) is 0 Å². The van der Waals surface area contributed by atoms with E-state index in [4.69, 9.17) is 17.7 Å². The summed E-state index contributed by atoms with van der Waals surface area (Å²) in [7, 11) is -4.11. The molecule has 0 atom stereocenters. The van der Waals surface area contributed by atoms with Crippen molar-refractivity contribution in [3.05, 3.63) is 78.9 Å². The number of hydrogen-bond acceptors (Lipinski definition) is 5. The van der Waals surface area contributed by atoms with E-state index in [2.05, 4.69) is 5.32 Å². The summed E-state index contributed by atoms with van der Waals surface area (Å²) >= 11 is 0. The normalized spacial score (nSPS) is 18.6. The molecule has 3 aromatic carbocycles. The van der Waals surface area contributed by atoms with E-state index in [1.807, 2.05) is 78.9 Å². The Kier molecular flexibility index (Phi) is 3.55. The molecule has 0 unspecified atom stereocenters. The molecule has 5 rings (SSSR count). The zero-order valence-corrected chi connectivity index (χ0v) is 15.8. The maximum atomic E-state index is 6.34. The van der Waals surface area contributed by atoms with E-state index in [9.17, 15) is 0 Å². The Bertz CT molecular complexity index is 866. The molecule has 0 bridgehead atoms. The number of hydrogen-bond donors (Lipinski definition) is 1. The van der Waals surface area contributed by atoms with Crippen molar-refractivity contribution in [2.45, 2.75) is 12.5 Å². The predicted octanol–water partition coefficient (Wildman–Crippen LogP) is 4.82. The van der Waals surface area contributed by atoms with Crippen LogP contribution in [-0.4, -0.2) is 14.9 Å². The number of rotatable bonds is 5. The number of nitrogens with one attached hydrogen (secondary N) is 1. The summed E-state index contributed by atoms with van der Waals surface area (Å²) < 4.78 is 25.3. The van der Waals surface area contributed by atoms with Crippen LogP contribution < -0.4 is 23.0 Å². The third-order valence-corrected chi connectivity index (χ3v) is 8.42. The molecule has 0 aliphatic carbocycles. The van der Waals surface area contributed by atoms with Crippen molar-refractivity contribution in [1.29, 1.82) is 0 Å². The van der Waals surface area contributed by atoms with Crippen molar-refractivity contribution in [1.82, 2.24) is 0 Å². The zero-order chi connectivity index (χ0) is 18.2. The number of fused-ring (bicyclic) bond motifs is 2. The molecular formula is C21H20NO4Si-. The molecule has 5 nitrogen and oxygen atoms in total. The van der Waals surface area contributed by atoms with Crippen molar-refractivity contribution in [3.8, 4) is 23.0 Å². The minimum atomic E-state index is -4.11. The summed E-state index contributed by atoms with van der Waals surface area (Å²) in [6.07, 6.45) is 0.782. The van der Waals surface area contributed by atoms with E-state index >= 15 is 0 Å². The molecule has 0 saturated carbocycles. The molecule has 1 N–H and O–H groups in total. The van der Waals surface area contributed by atoms with Crippen LogP contribution in [0.1, 0.15) is 6.42 Å². The average molecular weight is 378 g/mol. The van der Waals surface area contributed by atoms with Gasteiger partial charge in [-0.25, -0.2) is 0 Å². The topological polar surface area (TPSA) is 49.0 Å². The molecule has 0 aromatic heterocycles. The zero-order valence-electron chi connectivity index (χ0n) is 14.8. The number of benzene rings is 3. The van der Waals surface area contributed by atoms with Crippen molar-refractivity contribution in [2.75, 3.05) is 11.9 Å². The third-order valence-electron chi connectivity index (χ3n) is 4.79. The predicted molar refractivity (Wildman–Crippen MR) is 106 cm³/mol. The van der Waals surface area contributed by atoms with Gasteiger partial charge in [0.1, 0.15) is 0 Å². The van der Waals surface area contributed by atoms with Crippen molar-refractivity contribution in [2.24, 2.45) is 0 Å². The van der Waals surface area contributed by atoms with Gasteiger partial charge >= 0.3 is 158 Å². The summed E-state index contributed by atoms with van der Waals surface area (Å²) in [6.45, 7) is 0.764. The molecule has 3 aromatic rings. The molecular weight excluding hydrogens is 358 g/mol. The van der Waals surface area contributed by atoms with Crippen LogP contribution in [0.3, 0.4) is 0 Å². The molecule has 0 saturated heterocycles. The molecule has 2 heterocycles. The average Bonchev–Trinajstić information content (AvgIpc) is 3.20. The van der Waals surface area contributed by atoms with E-state index in [-0.39, 0.29) is 0 Å². The Morgan fingerprint density at radius 1 is 0.593 bits per heavy atom. The molecule has 0 amide bonds. The van der Waals surface area contributed by atoms with Gasteiger partial charge in [-0.1, -0.05) is 0 Å². The summed E-state index contributed by atoms with van der Waals surface area (Å²) in [4.78, 5) is 0. The molecule has 0 fully saturated rings. The molecule has 1 spiro atoms. The summed E-state index contributed by atoms with van der Waals surface area (Å²) in [5.41, 5.74) is 1.08. The van der Waals surface area contributed by atoms with Crippen molar-refractivity contribution in [3.63, 3.8) is 0 Å².